The van der Waals surface area contributed by atoms with E-state index < -0.39 is 9.84 Å². The van der Waals surface area contributed by atoms with Crippen molar-refractivity contribution in [1.29, 1.82) is 0 Å². The van der Waals surface area contributed by atoms with E-state index in [4.69, 9.17) is 4.74 Å². The lowest BCUT2D eigenvalue weighted by Gasteiger charge is -2.07. The number of amides is 1. The average Bonchev–Trinajstić information content (AvgIpc) is 3.06. The van der Waals surface area contributed by atoms with E-state index in [9.17, 15) is 13.2 Å². The molecule has 0 spiro atoms. The first kappa shape index (κ1) is 20.9. The van der Waals surface area contributed by atoms with Gasteiger partial charge in [-0.25, -0.2) is 8.42 Å². The maximum absolute atomic E-state index is 12.5. The van der Waals surface area contributed by atoms with E-state index in [1.807, 2.05) is 0 Å². The van der Waals surface area contributed by atoms with E-state index >= 15 is 0 Å². The van der Waals surface area contributed by atoms with Crippen LogP contribution in [0, 0.1) is 0 Å². The third-order valence-corrected chi connectivity index (χ3v) is 6.68. The Kier molecular flexibility index (Phi) is 6.55. The minimum absolute atomic E-state index is 0.106. The molecular weight excluding hydrogens is 412 g/mol. The van der Waals surface area contributed by atoms with Crippen LogP contribution in [0.25, 0.3) is 0 Å². The molecule has 1 heterocycles. The molecule has 1 amide bonds. The summed E-state index contributed by atoms with van der Waals surface area (Å²) in [6.07, 6.45) is 0. The monoisotopic (exact) mass is 432 g/mol. The van der Waals surface area contributed by atoms with E-state index in [2.05, 4.69) is 15.5 Å². The molecule has 8 nitrogen and oxygen atoms in total. The minimum Gasteiger partial charge on any atom is -0.497 e. The highest BCUT2D eigenvalue weighted by atomic mass is 32.2. The van der Waals surface area contributed by atoms with Crippen LogP contribution in [0.2, 0.25) is 0 Å². The molecule has 3 rings (SSSR count). The molecule has 0 aliphatic rings. The second-order valence-electron chi connectivity index (χ2n) is 6.10. The quantitative estimate of drug-likeness (QED) is 0.546. The van der Waals surface area contributed by atoms with Crippen molar-refractivity contribution in [2.45, 2.75) is 15.8 Å². The van der Waals surface area contributed by atoms with Gasteiger partial charge in [-0.2, -0.15) is 0 Å². The van der Waals surface area contributed by atoms with Gasteiger partial charge in [-0.15, -0.1) is 10.2 Å². The van der Waals surface area contributed by atoms with E-state index in [0.717, 1.165) is 0 Å². The molecule has 0 saturated carbocycles. The number of aromatic nitrogens is 3. The van der Waals surface area contributed by atoms with Crippen molar-refractivity contribution in [1.82, 2.24) is 14.8 Å². The summed E-state index contributed by atoms with van der Waals surface area (Å²) >= 11 is 1.18. The Hall–Kier alpha value is -2.85. The standard InChI is InChI=1S/C19H20N4O4S2/c1-23-17(13-29(25,26)16-9-4-3-5-10-16)21-22-19(23)28-12-18(24)20-14-7-6-8-15(11-14)27-2/h3-11H,12-13H2,1-2H3,(H,20,24). The van der Waals surface area contributed by atoms with Crippen molar-refractivity contribution in [3.8, 4) is 5.75 Å². The van der Waals surface area contributed by atoms with Gasteiger partial charge in [0.1, 0.15) is 17.3 Å². The molecule has 2 aromatic carbocycles. The zero-order valence-electron chi connectivity index (χ0n) is 15.9. The molecule has 0 saturated heterocycles. The van der Waals surface area contributed by atoms with Gasteiger partial charge in [-0.05, 0) is 24.3 Å². The van der Waals surface area contributed by atoms with Crippen molar-refractivity contribution in [2.24, 2.45) is 7.05 Å². The number of ether oxygens (including phenoxy) is 1. The Morgan fingerprint density at radius 2 is 1.90 bits per heavy atom. The number of hydrogen-bond acceptors (Lipinski definition) is 7. The summed E-state index contributed by atoms with van der Waals surface area (Å²) in [7, 11) is -0.290. The van der Waals surface area contributed by atoms with Crippen LogP contribution in [0.5, 0.6) is 5.75 Å². The number of nitrogens with one attached hydrogen (secondary N) is 1. The van der Waals surface area contributed by atoms with E-state index in [-0.39, 0.29) is 22.3 Å². The summed E-state index contributed by atoms with van der Waals surface area (Å²) in [6, 6.07) is 15.2. The molecule has 29 heavy (non-hydrogen) atoms. The lowest BCUT2D eigenvalue weighted by atomic mass is 10.3. The third-order valence-electron chi connectivity index (χ3n) is 4.03. The number of rotatable bonds is 8. The van der Waals surface area contributed by atoms with Crippen LogP contribution in [0.1, 0.15) is 5.82 Å². The predicted molar refractivity (Wildman–Crippen MR) is 111 cm³/mol. The number of carbonyl (C=O) groups is 1. The molecule has 152 valence electrons. The summed E-state index contributed by atoms with van der Waals surface area (Å²) in [4.78, 5) is 12.4. The molecule has 1 N–H and O–H groups in total. The fraction of sp³-hybridized carbons (Fsp3) is 0.211. The molecule has 3 aromatic rings. The van der Waals surface area contributed by atoms with Gasteiger partial charge in [0.15, 0.2) is 15.0 Å². The summed E-state index contributed by atoms with van der Waals surface area (Å²) in [5.74, 6) is 0.577. The first-order valence-corrected chi connectivity index (χ1v) is 11.3. The first-order valence-electron chi connectivity index (χ1n) is 8.62. The van der Waals surface area contributed by atoms with E-state index in [0.29, 0.717) is 22.4 Å². The van der Waals surface area contributed by atoms with Crippen LogP contribution < -0.4 is 10.1 Å². The van der Waals surface area contributed by atoms with Crippen LogP contribution in [0.3, 0.4) is 0 Å². The number of thioether (sulfide) groups is 1. The van der Waals surface area contributed by atoms with Crippen molar-refractivity contribution < 1.29 is 17.9 Å². The molecule has 10 heteroatoms. The van der Waals surface area contributed by atoms with Gasteiger partial charge in [0, 0.05) is 18.8 Å². The van der Waals surface area contributed by atoms with Gasteiger partial charge < -0.3 is 14.6 Å². The molecule has 0 radical (unpaired) electrons. The maximum Gasteiger partial charge on any atom is 0.234 e. The SMILES string of the molecule is COc1cccc(NC(=O)CSc2nnc(CS(=O)(=O)c3ccccc3)n2C)c1. The zero-order chi connectivity index (χ0) is 20.9. The molecule has 0 fully saturated rings. The van der Waals surface area contributed by atoms with Crippen molar-refractivity contribution in [2.75, 3.05) is 18.2 Å². The van der Waals surface area contributed by atoms with Crippen LogP contribution >= 0.6 is 11.8 Å². The number of nitrogens with zero attached hydrogens (tertiary/aromatic N) is 3. The largest absolute Gasteiger partial charge is 0.497 e. The van der Waals surface area contributed by atoms with Crippen molar-refractivity contribution >= 4 is 33.2 Å². The summed E-state index contributed by atoms with van der Waals surface area (Å²) in [5, 5.41) is 11.2. The Labute approximate surface area is 173 Å². The second kappa shape index (κ2) is 9.10. The van der Waals surface area contributed by atoms with Crippen LogP contribution in [0.15, 0.2) is 64.6 Å². The summed E-state index contributed by atoms with van der Waals surface area (Å²) < 4.78 is 31.8. The Bertz CT molecular complexity index is 1100. The van der Waals surface area contributed by atoms with Crippen LogP contribution in [-0.4, -0.2) is 42.0 Å². The predicted octanol–water partition coefficient (Wildman–Crippen LogP) is 2.53. The summed E-state index contributed by atoms with van der Waals surface area (Å²) in [6.45, 7) is 0. The highest BCUT2D eigenvalue weighted by Gasteiger charge is 2.20. The number of methoxy groups -OCH3 is 1. The van der Waals surface area contributed by atoms with E-state index in [1.54, 1.807) is 73.3 Å². The number of anilines is 1. The van der Waals surface area contributed by atoms with Crippen LogP contribution in [-0.2, 0) is 27.4 Å². The molecule has 0 aliphatic carbocycles. The molecule has 0 atom stereocenters. The van der Waals surface area contributed by atoms with Gasteiger partial charge in [0.2, 0.25) is 5.91 Å². The molecular formula is C19H20N4O4S2. The zero-order valence-corrected chi connectivity index (χ0v) is 17.5. The Morgan fingerprint density at radius 3 is 2.62 bits per heavy atom. The summed E-state index contributed by atoms with van der Waals surface area (Å²) in [5.41, 5.74) is 0.627. The van der Waals surface area contributed by atoms with E-state index in [1.165, 1.54) is 11.8 Å². The van der Waals surface area contributed by atoms with Crippen molar-refractivity contribution in [3.05, 3.63) is 60.4 Å². The lowest BCUT2D eigenvalue weighted by Crippen LogP contribution is -2.14. The fourth-order valence-electron chi connectivity index (χ4n) is 2.51. The van der Waals surface area contributed by atoms with Gasteiger partial charge in [0.05, 0.1) is 17.8 Å². The van der Waals surface area contributed by atoms with Crippen LogP contribution in [0.4, 0.5) is 5.69 Å². The topological polar surface area (TPSA) is 103 Å². The Morgan fingerprint density at radius 1 is 1.14 bits per heavy atom. The van der Waals surface area contributed by atoms with Crippen molar-refractivity contribution in [3.63, 3.8) is 0 Å². The normalized spacial score (nSPS) is 11.2. The number of carbonyl (C=O) groups excluding carboxylic acids is 1. The van der Waals surface area contributed by atoms with Gasteiger partial charge in [-0.3, -0.25) is 4.79 Å². The number of benzene rings is 2. The lowest BCUT2D eigenvalue weighted by molar-refractivity contribution is -0.113. The molecule has 0 aliphatic heterocycles. The minimum atomic E-state index is -3.52. The van der Waals surface area contributed by atoms with Gasteiger partial charge in [0.25, 0.3) is 0 Å². The smallest absolute Gasteiger partial charge is 0.234 e. The number of sulfone groups is 1. The first-order chi connectivity index (χ1) is 13.9. The second-order valence-corrected chi connectivity index (χ2v) is 9.03. The molecule has 0 bridgehead atoms. The Balaban J connectivity index is 1.61. The average molecular weight is 433 g/mol. The van der Waals surface area contributed by atoms with Gasteiger partial charge >= 0.3 is 0 Å². The molecule has 0 unspecified atom stereocenters. The molecule has 1 aromatic heterocycles. The van der Waals surface area contributed by atoms with Gasteiger partial charge in [-0.1, -0.05) is 36.0 Å². The highest BCUT2D eigenvalue weighted by Crippen LogP contribution is 2.21. The fourth-order valence-corrected chi connectivity index (χ4v) is 4.57. The number of hydrogen-bond donors (Lipinski definition) is 1. The maximum atomic E-state index is 12.5. The highest BCUT2D eigenvalue weighted by molar-refractivity contribution is 7.99. The third kappa shape index (κ3) is 5.36.